The molecule has 2 aliphatic heterocycles. The summed E-state index contributed by atoms with van der Waals surface area (Å²) in [4.78, 5) is 14.5. The first-order valence-corrected chi connectivity index (χ1v) is 7.39. The van der Waals surface area contributed by atoms with Gasteiger partial charge in [-0.2, -0.15) is 0 Å². The summed E-state index contributed by atoms with van der Waals surface area (Å²) < 4.78 is 10.7. The van der Waals surface area contributed by atoms with E-state index >= 15 is 0 Å². The number of nitrogens with zero attached hydrogens (tertiary/aromatic N) is 1. The van der Waals surface area contributed by atoms with Gasteiger partial charge in [-0.05, 0) is 24.1 Å². The normalized spacial score (nSPS) is 25.5. The topological polar surface area (TPSA) is 38.8 Å². The van der Waals surface area contributed by atoms with Crippen molar-refractivity contribution in [2.45, 2.75) is 31.3 Å². The fourth-order valence-electron chi connectivity index (χ4n) is 3.34. The predicted octanol–water partition coefficient (Wildman–Crippen LogP) is 2.74. The lowest BCUT2D eigenvalue weighted by molar-refractivity contribution is -0.124. The Morgan fingerprint density at radius 1 is 1.14 bits per heavy atom. The largest absolute Gasteiger partial charge is 0.493 e. The summed E-state index contributed by atoms with van der Waals surface area (Å²) in [6.07, 6.45) is 6.63. The van der Waals surface area contributed by atoms with Crippen LogP contribution in [0.25, 0.3) is 0 Å². The van der Waals surface area contributed by atoms with E-state index in [0.29, 0.717) is 18.6 Å². The second-order valence-electron chi connectivity index (χ2n) is 5.60. The van der Waals surface area contributed by atoms with E-state index in [2.05, 4.69) is 17.1 Å². The van der Waals surface area contributed by atoms with Gasteiger partial charge in [-0.15, -0.1) is 0 Å². The van der Waals surface area contributed by atoms with Crippen LogP contribution in [0.4, 0.5) is 0 Å². The Bertz CT molecular complexity index is 567. The number of piperidine rings is 1. The maximum absolute atomic E-state index is 12.1. The Labute approximate surface area is 125 Å². The van der Waals surface area contributed by atoms with Crippen LogP contribution in [0.2, 0.25) is 0 Å². The van der Waals surface area contributed by atoms with Crippen molar-refractivity contribution < 1.29 is 14.3 Å². The molecule has 1 aromatic rings. The molecule has 0 N–H and O–H groups in total. The lowest BCUT2D eigenvalue weighted by Gasteiger charge is -2.42. The summed E-state index contributed by atoms with van der Waals surface area (Å²) in [7, 11) is 3.27. The van der Waals surface area contributed by atoms with E-state index in [0.717, 1.165) is 30.0 Å². The summed E-state index contributed by atoms with van der Waals surface area (Å²) in [6, 6.07) is 6.35. The first-order chi connectivity index (χ1) is 10.2. The van der Waals surface area contributed by atoms with Crippen LogP contribution in [0.15, 0.2) is 30.4 Å². The SMILES string of the molecule is COc1ccc([C@@H]2CC(=O)C[C@@H]3C=CCCN32)cc1OC. The van der Waals surface area contributed by atoms with Crippen LogP contribution >= 0.6 is 0 Å². The zero-order valence-corrected chi connectivity index (χ0v) is 12.5. The van der Waals surface area contributed by atoms with E-state index in [-0.39, 0.29) is 12.1 Å². The van der Waals surface area contributed by atoms with Crippen molar-refractivity contribution in [2.75, 3.05) is 20.8 Å². The second kappa shape index (κ2) is 5.90. The molecule has 0 amide bonds. The van der Waals surface area contributed by atoms with Crippen molar-refractivity contribution in [3.63, 3.8) is 0 Å². The molecule has 112 valence electrons. The van der Waals surface area contributed by atoms with E-state index in [4.69, 9.17) is 9.47 Å². The number of benzene rings is 1. The van der Waals surface area contributed by atoms with Crippen molar-refractivity contribution in [1.29, 1.82) is 0 Å². The summed E-state index contributed by atoms with van der Waals surface area (Å²) >= 11 is 0. The maximum Gasteiger partial charge on any atom is 0.161 e. The van der Waals surface area contributed by atoms with Gasteiger partial charge in [-0.1, -0.05) is 18.2 Å². The van der Waals surface area contributed by atoms with Gasteiger partial charge in [-0.3, -0.25) is 9.69 Å². The summed E-state index contributed by atoms with van der Waals surface area (Å²) in [5.74, 6) is 1.78. The molecule has 2 aliphatic rings. The Hall–Kier alpha value is -1.81. The van der Waals surface area contributed by atoms with Gasteiger partial charge >= 0.3 is 0 Å². The van der Waals surface area contributed by atoms with Crippen LogP contribution in [0.3, 0.4) is 0 Å². The van der Waals surface area contributed by atoms with E-state index in [9.17, 15) is 4.79 Å². The highest BCUT2D eigenvalue weighted by atomic mass is 16.5. The summed E-state index contributed by atoms with van der Waals surface area (Å²) in [6.45, 7) is 1.01. The third kappa shape index (κ3) is 2.68. The molecule has 1 aromatic carbocycles. The maximum atomic E-state index is 12.1. The Morgan fingerprint density at radius 3 is 2.71 bits per heavy atom. The number of ketones is 1. The lowest BCUT2D eigenvalue weighted by atomic mass is 9.88. The highest BCUT2D eigenvalue weighted by molar-refractivity contribution is 5.81. The fourth-order valence-corrected chi connectivity index (χ4v) is 3.34. The van der Waals surface area contributed by atoms with Crippen LogP contribution in [-0.2, 0) is 4.79 Å². The first-order valence-electron chi connectivity index (χ1n) is 7.39. The summed E-state index contributed by atoms with van der Waals surface area (Å²) in [5.41, 5.74) is 1.13. The Morgan fingerprint density at radius 2 is 1.95 bits per heavy atom. The molecule has 0 saturated carbocycles. The molecule has 0 unspecified atom stereocenters. The average Bonchev–Trinajstić information content (AvgIpc) is 2.53. The van der Waals surface area contributed by atoms with Gasteiger partial charge < -0.3 is 9.47 Å². The smallest absolute Gasteiger partial charge is 0.161 e. The first kappa shape index (κ1) is 14.1. The number of carbonyl (C=O) groups excluding carboxylic acids is 1. The van der Waals surface area contributed by atoms with Crippen molar-refractivity contribution >= 4 is 5.78 Å². The number of fused-ring (bicyclic) bond motifs is 1. The second-order valence-corrected chi connectivity index (χ2v) is 5.60. The van der Waals surface area contributed by atoms with Crippen LogP contribution in [0.5, 0.6) is 11.5 Å². The zero-order valence-electron chi connectivity index (χ0n) is 12.5. The fraction of sp³-hybridized carbons (Fsp3) is 0.471. The van der Waals surface area contributed by atoms with Gasteiger partial charge in [-0.25, -0.2) is 0 Å². The Kier molecular flexibility index (Phi) is 3.97. The number of ether oxygens (including phenoxy) is 2. The number of carbonyl (C=O) groups is 1. The molecule has 0 aromatic heterocycles. The zero-order chi connectivity index (χ0) is 14.8. The molecule has 1 saturated heterocycles. The van der Waals surface area contributed by atoms with Gasteiger partial charge in [0.15, 0.2) is 11.5 Å². The molecular formula is C17H21NO3. The quantitative estimate of drug-likeness (QED) is 0.801. The monoisotopic (exact) mass is 287 g/mol. The molecule has 4 nitrogen and oxygen atoms in total. The number of hydrogen-bond acceptors (Lipinski definition) is 4. The van der Waals surface area contributed by atoms with E-state index in [1.165, 1.54) is 0 Å². The molecule has 0 bridgehead atoms. The van der Waals surface area contributed by atoms with E-state index in [1.54, 1.807) is 14.2 Å². The highest BCUT2D eigenvalue weighted by Crippen LogP contribution is 2.38. The average molecular weight is 287 g/mol. The van der Waals surface area contributed by atoms with Crippen LogP contribution in [0.1, 0.15) is 30.9 Å². The van der Waals surface area contributed by atoms with Gasteiger partial charge in [0.05, 0.1) is 14.2 Å². The molecule has 0 aliphatic carbocycles. The van der Waals surface area contributed by atoms with Crippen LogP contribution < -0.4 is 9.47 Å². The van der Waals surface area contributed by atoms with E-state index in [1.807, 2.05) is 18.2 Å². The highest BCUT2D eigenvalue weighted by Gasteiger charge is 2.35. The van der Waals surface area contributed by atoms with Crippen molar-refractivity contribution in [1.82, 2.24) is 4.90 Å². The molecule has 2 heterocycles. The molecular weight excluding hydrogens is 266 g/mol. The third-order valence-corrected chi connectivity index (χ3v) is 4.39. The summed E-state index contributed by atoms with van der Waals surface area (Å²) in [5, 5.41) is 0. The standard InChI is InChI=1S/C17H21NO3/c1-20-16-7-6-12(9-17(16)21-2)15-11-14(19)10-13-5-3-4-8-18(13)15/h3,5-7,9,13,15H,4,8,10-11H2,1-2H3/t13-,15-/m0/s1. The van der Waals surface area contributed by atoms with Crippen LogP contribution in [-0.4, -0.2) is 37.5 Å². The molecule has 4 heteroatoms. The molecule has 1 fully saturated rings. The minimum Gasteiger partial charge on any atom is -0.493 e. The van der Waals surface area contributed by atoms with Crippen molar-refractivity contribution in [3.05, 3.63) is 35.9 Å². The Balaban J connectivity index is 1.94. The van der Waals surface area contributed by atoms with E-state index < -0.39 is 0 Å². The number of methoxy groups -OCH3 is 2. The molecule has 2 atom stereocenters. The minimum atomic E-state index is 0.140. The lowest BCUT2D eigenvalue weighted by Crippen LogP contribution is -2.45. The van der Waals surface area contributed by atoms with Gasteiger partial charge in [0.1, 0.15) is 5.78 Å². The van der Waals surface area contributed by atoms with Crippen molar-refractivity contribution in [3.8, 4) is 11.5 Å². The van der Waals surface area contributed by atoms with Gasteiger partial charge in [0, 0.05) is 31.5 Å². The van der Waals surface area contributed by atoms with Crippen LogP contribution in [0, 0.1) is 0 Å². The van der Waals surface area contributed by atoms with Gasteiger partial charge in [0.2, 0.25) is 0 Å². The molecule has 0 radical (unpaired) electrons. The minimum absolute atomic E-state index is 0.140. The molecule has 0 spiro atoms. The third-order valence-electron chi connectivity index (χ3n) is 4.39. The van der Waals surface area contributed by atoms with Gasteiger partial charge in [0.25, 0.3) is 0 Å². The molecule has 3 rings (SSSR count). The molecule has 21 heavy (non-hydrogen) atoms. The van der Waals surface area contributed by atoms with Crippen molar-refractivity contribution in [2.24, 2.45) is 0 Å². The number of hydrogen-bond donors (Lipinski definition) is 0. The number of rotatable bonds is 3. The predicted molar refractivity (Wildman–Crippen MR) is 80.8 cm³/mol. The number of Topliss-reactive ketones (excluding diaryl/α,β-unsaturated/α-hetero) is 1.